The fourth-order valence-electron chi connectivity index (χ4n) is 3.13. The molecule has 2 aromatic rings. The molecule has 0 spiro atoms. The zero-order valence-corrected chi connectivity index (χ0v) is 12.0. The minimum absolute atomic E-state index is 0.00393. The molecule has 2 N–H and O–H groups in total. The predicted molar refractivity (Wildman–Crippen MR) is 80.0 cm³/mol. The molecule has 3 rings (SSSR count). The van der Waals surface area contributed by atoms with Gasteiger partial charge in [0.05, 0.1) is 7.11 Å². The lowest BCUT2D eigenvalue weighted by Gasteiger charge is -2.21. The summed E-state index contributed by atoms with van der Waals surface area (Å²) in [5.74, 6) is 1.23. The van der Waals surface area contributed by atoms with E-state index in [9.17, 15) is 0 Å². The first-order valence-electron chi connectivity index (χ1n) is 7.04. The van der Waals surface area contributed by atoms with E-state index in [-0.39, 0.29) is 6.04 Å². The molecule has 0 fully saturated rings. The Morgan fingerprint density at radius 2 is 2.20 bits per heavy atom. The molecular weight excluding hydrogens is 248 g/mol. The van der Waals surface area contributed by atoms with Crippen LogP contribution in [0.4, 0.5) is 0 Å². The maximum atomic E-state index is 6.49. The number of ether oxygens (including phenoxy) is 1. The Morgan fingerprint density at radius 1 is 1.35 bits per heavy atom. The van der Waals surface area contributed by atoms with Crippen molar-refractivity contribution in [2.75, 3.05) is 7.11 Å². The van der Waals surface area contributed by atoms with E-state index in [4.69, 9.17) is 10.5 Å². The van der Waals surface area contributed by atoms with Gasteiger partial charge in [0.15, 0.2) is 0 Å². The molecule has 0 bridgehead atoms. The largest absolute Gasteiger partial charge is 0.496 e. The first kappa shape index (κ1) is 13.1. The second kappa shape index (κ2) is 5.25. The molecule has 2 unspecified atom stereocenters. The van der Waals surface area contributed by atoms with Gasteiger partial charge < -0.3 is 10.5 Å². The van der Waals surface area contributed by atoms with Crippen molar-refractivity contribution in [2.24, 2.45) is 5.73 Å². The summed E-state index contributed by atoms with van der Waals surface area (Å²) in [6.45, 7) is 2.05. The molecule has 0 radical (unpaired) electrons. The normalized spacial score (nSPS) is 18.6. The molecule has 0 aliphatic heterocycles. The van der Waals surface area contributed by atoms with Crippen molar-refractivity contribution in [2.45, 2.75) is 31.7 Å². The van der Waals surface area contributed by atoms with E-state index in [1.54, 1.807) is 7.11 Å². The Morgan fingerprint density at radius 3 is 2.95 bits per heavy atom. The van der Waals surface area contributed by atoms with Crippen LogP contribution in [0, 0.1) is 6.92 Å². The quantitative estimate of drug-likeness (QED) is 0.930. The Bertz CT molecular complexity index is 624. The zero-order chi connectivity index (χ0) is 14.1. The van der Waals surface area contributed by atoms with Crippen LogP contribution in [0.15, 0.2) is 36.5 Å². The second-order valence-electron chi connectivity index (χ2n) is 5.45. The highest BCUT2D eigenvalue weighted by atomic mass is 16.5. The standard InChI is InChI=1S/C17H20N2O/c1-11-10-13(6-8-15(11)20-2)16(18)14-7-5-12-4-3-9-19-17(12)14/h3-4,6,8-10,14,16H,5,7,18H2,1-2H3. The van der Waals surface area contributed by atoms with Gasteiger partial charge in [-0.15, -0.1) is 0 Å². The first-order valence-corrected chi connectivity index (χ1v) is 7.04. The molecule has 1 aliphatic carbocycles. The van der Waals surface area contributed by atoms with Crippen LogP contribution in [-0.2, 0) is 6.42 Å². The minimum Gasteiger partial charge on any atom is -0.496 e. The van der Waals surface area contributed by atoms with Crippen LogP contribution >= 0.6 is 0 Å². The molecule has 1 aromatic heterocycles. The summed E-state index contributed by atoms with van der Waals surface area (Å²) in [5.41, 5.74) is 11.3. The summed E-state index contributed by atoms with van der Waals surface area (Å²) in [6.07, 6.45) is 4.03. The van der Waals surface area contributed by atoms with Gasteiger partial charge in [0, 0.05) is 23.9 Å². The summed E-state index contributed by atoms with van der Waals surface area (Å²) < 4.78 is 5.31. The fourth-order valence-corrected chi connectivity index (χ4v) is 3.13. The third-order valence-corrected chi connectivity index (χ3v) is 4.24. The van der Waals surface area contributed by atoms with Crippen LogP contribution in [-0.4, -0.2) is 12.1 Å². The molecule has 0 saturated heterocycles. The van der Waals surface area contributed by atoms with Gasteiger partial charge in [0.1, 0.15) is 5.75 Å². The number of rotatable bonds is 3. The highest BCUT2D eigenvalue weighted by Crippen LogP contribution is 2.39. The van der Waals surface area contributed by atoms with Crippen molar-refractivity contribution in [3.8, 4) is 5.75 Å². The third kappa shape index (κ3) is 2.18. The van der Waals surface area contributed by atoms with Crippen molar-refractivity contribution in [1.82, 2.24) is 4.98 Å². The van der Waals surface area contributed by atoms with Gasteiger partial charge in [-0.05, 0) is 48.6 Å². The molecule has 0 amide bonds. The van der Waals surface area contributed by atoms with E-state index in [1.807, 2.05) is 18.3 Å². The third-order valence-electron chi connectivity index (χ3n) is 4.24. The van der Waals surface area contributed by atoms with E-state index < -0.39 is 0 Å². The monoisotopic (exact) mass is 268 g/mol. The number of aromatic nitrogens is 1. The summed E-state index contributed by atoms with van der Waals surface area (Å²) in [4.78, 5) is 4.54. The smallest absolute Gasteiger partial charge is 0.121 e. The Balaban J connectivity index is 1.90. The Hall–Kier alpha value is -1.87. The van der Waals surface area contributed by atoms with E-state index in [0.29, 0.717) is 5.92 Å². The average molecular weight is 268 g/mol. The minimum atomic E-state index is -0.00393. The van der Waals surface area contributed by atoms with Gasteiger partial charge in [-0.1, -0.05) is 18.2 Å². The number of benzene rings is 1. The number of methoxy groups -OCH3 is 1. The number of fused-ring (bicyclic) bond motifs is 1. The maximum Gasteiger partial charge on any atom is 0.121 e. The highest BCUT2D eigenvalue weighted by molar-refractivity contribution is 5.40. The number of pyridine rings is 1. The van der Waals surface area contributed by atoms with E-state index >= 15 is 0 Å². The highest BCUT2D eigenvalue weighted by Gasteiger charge is 2.29. The Kier molecular flexibility index (Phi) is 3.45. The molecule has 0 saturated carbocycles. The predicted octanol–water partition coefficient (Wildman–Crippen LogP) is 3.13. The lowest BCUT2D eigenvalue weighted by molar-refractivity contribution is 0.411. The zero-order valence-electron chi connectivity index (χ0n) is 12.0. The van der Waals surface area contributed by atoms with Crippen LogP contribution in [0.1, 0.15) is 40.8 Å². The van der Waals surface area contributed by atoms with Gasteiger partial charge in [-0.25, -0.2) is 0 Å². The van der Waals surface area contributed by atoms with E-state index in [1.165, 1.54) is 11.3 Å². The number of nitrogens with zero attached hydrogens (tertiary/aromatic N) is 1. The van der Waals surface area contributed by atoms with Crippen molar-refractivity contribution in [3.63, 3.8) is 0 Å². The molecule has 1 aliphatic rings. The molecule has 104 valence electrons. The van der Waals surface area contributed by atoms with Gasteiger partial charge in [-0.3, -0.25) is 4.98 Å². The lowest BCUT2D eigenvalue weighted by atomic mass is 9.90. The average Bonchev–Trinajstić information content (AvgIpc) is 2.90. The topological polar surface area (TPSA) is 48.1 Å². The first-order chi connectivity index (χ1) is 9.70. The van der Waals surface area contributed by atoms with Gasteiger partial charge in [0.25, 0.3) is 0 Å². The second-order valence-corrected chi connectivity index (χ2v) is 5.45. The molecule has 1 heterocycles. The fraction of sp³-hybridized carbons (Fsp3) is 0.353. The molecule has 1 aromatic carbocycles. The summed E-state index contributed by atoms with van der Waals surface area (Å²) in [6, 6.07) is 10.4. The van der Waals surface area contributed by atoms with Gasteiger partial charge in [-0.2, -0.15) is 0 Å². The van der Waals surface area contributed by atoms with Crippen LogP contribution in [0.25, 0.3) is 0 Å². The molecular formula is C17H20N2O. The van der Waals surface area contributed by atoms with Crippen molar-refractivity contribution in [3.05, 3.63) is 58.9 Å². The van der Waals surface area contributed by atoms with E-state index in [0.717, 1.165) is 29.7 Å². The SMILES string of the molecule is COc1ccc(C(N)C2CCc3cccnc32)cc1C. The molecule has 20 heavy (non-hydrogen) atoms. The van der Waals surface area contributed by atoms with Gasteiger partial charge in [0.2, 0.25) is 0 Å². The van der Waals surface area contributed by atoms with Crippen LogP contribution in [0.5, 0.6) is 5.75 Å². The van der Waals surface area contributed by atoms with Crippen LogP contribution < -0.4 is 10.5 Å². The Labute approximate surface area is 119 Å². The molecule has 3 nitrogen and oxygen atoms in total. The summed E-state index contributed by atoms with van der Waals surface area (Å²) in [5, 5.41) is 0. The maximum absolute atomic E-state index is 6.49. The molecule has 3 heteroatoms. The van der Waals surface area contributed by atoms with Crippen LogP contribution in [0.2, 0.25) is 0 Å². The van der Waals surface area contributed by atoms with Crippen molar-refractivity contribution >= 4 is 0 Å². The van der Waals surface area contributed by atoms with Crippen molar-refractivity contribution in [1.29, 1.82) is 0 Å². The van der Waals surface area contributed by atoms with Crippen LogP contribution in [0.3, 0.4) is 0 Å². The van der Waals surface area contributed by atoms with Gasteiger partial charge >= 0.3 is 0 Å². The number of nitrogens with two attached hydrogens (primary N) is 1. The number of hydrogen-bond donors (Lipinski definition) is 1. The van der Waals surface area contributed by atoms with E-state index in [2.05, 4.69) is 30.1 Å². The summed E-state index contributed by atoms with van der Waals surface area (Å²) >= 11 is 0. The summed E-state index contributed by atoms with van der Waals surface area (Å²) in [7, 11) is 1.69. The number of hydrogen-bond acceptors (Lipinski definition) is 3. The lowest BCUT2D eigenvalue weighted by Crippen LogP contribution is -2.19. The number of aryl methyl sites for hydroxylation is 2. The molecule has 2 atom stereocenters. The van der Waals surface area contributed by atoms with Crippen molar-refractivity contribution < 1.29 is 4.74 Å².